The Hall–Kier alpha value is -2.63. The third-order valence-corrected chi connectivity index (χ3v) is 5.21. The first-order valence-corrected chi connectivity index (χ1v) is 8.69. The minimum Gasteiger partial charge on any atom is -0.350 e. The Bertz CT molecular complexity index is 785. The Morgan fingerprint density at radius 3 is 2.68 bits per heavy atom. The standard InChI is InChI=1S/C19H21N3O3/c1-2-17(23)22-11-19(12-22)9-14(10-19)20-18(24)16-8-15(21-25-16)13-6-4-3-5-7-13/h3-8,14H,2,9-12H2,1H3,(H,20,24). The summed E-state index contributed by atoms with van der Waals surface area (Å²) in [5.41, 5.74) is 1.80. The highest BCUT2D eigenvalue weighted by molar-refractivity contribution is 5.92. The molecule has 2 amide bonds. The van der Waals surface area contributed by atoms with E-state index in [0.29, 0.717) is 12.1 Å². The Kier molecular flexibility index (Phi) is 3.82. The zero-order chi connectivity index (χ0) is 17.4. The van der Waals surface area contributed by atoms with Crippen molar-refractivity contribution in [3.05, 3.63) is 42.2 Å². The van der Waals surface area contributed by atoms with E-state index in [1.54, 1.807) is 6.07 Å². The second-order valence-electron chi connectivity index (χ2n) is 7.12. The van der Waals surface area contributed by atoms with Crippen LogP contribution in [0.25, 0.3) is 11.3 Å². The van der Waals surface area contributed by atoms with E-state index in [1.807, 2.05) is 42.2 Å². The van der Waals surface area contributed by atoms with Crippen molar-refractivity contribution >= 4 is 11.8 Å². The highest BCUT2D eigenvalue weighted by atomic mass is 16.5. The fraction of sp³-hybridized carbons (Fsp3) is 0.421. The average Bonchev–Trinajstić information content (AvgIpc) is 3.06. The molecule has 0 unspecified atom stereocenters. The van der Waals surface area contributed by atoms with Gasteiger partial charge in [-0.05, 0) is 12.8 Å². The summed E-state index contributed by atoms with van der Waals surface area (Å²) in [7, 11) is 0. The molecule has 1 N–H and O–H groups in total. The molecule has 1 aliphatic carbocycles. The van der Waals surface area contributed by atoms with Gasteiger partial charge in [-0.25, -0.2) is 0 Å². The maximum absolute atomic E-state index is 12.3. The molecular weight excluding hydrogens is 318 g/mol. The van der Waals surface area contributed by atoms with Crippen molar-refractivity contribution in [2.45, 2.75) is 32.2 Å². The number of nitrogens with one attached hydrogen (secondary N) is 1. The molecule has 0 bridgehead atoms. The Morgan fingerprint density at radius 1 is 1.28 bits per heavy atom. The number of hydrogen-bond donors (Lipinski definition) is 1. The van der Waals surface area contributed by atoms with Crippen LogP contribution in [0.2, 0.25) is 0 Å². The Balaban J connectivity index is 1.30. The lowest BCUT2D eigenvalue weighted by Gasteiger charge is -2.59. The van der Waals surface area contributed by atoms with Crippen LogP contribution in [0, 0.1) is 5.41 Å². The molecule has 130 valence electrons. The van der Waals surface area contributed by atoms with Gasteiger partial charge in [-0.3, -0.25) is 9.59 Å². The number of aromatic nitrogens is 1. The van der Waals surface area contributed by atoms with E-state index in [-0.39, 0.29) is 29.0 Å². The minimum atomic E-state index is -0.227. The van der Waals surface area contributed by atoms with E-state index >= 15 is 0 Å². The van der Waals surface area contributed by atoms with Crippen LogP contribution < -0.4 is 5.32 Å². The molecule has 4 rings (SSSR count). The summed E-state index contributed by atoms with van der Waals surface area (Å²) in [5, 5.41) is 6.98. The first-order chi connectivity index (χ1) is 12.1. The van der Waals surface area contributed by atoms with Crippen LogP contribution in [-0.2, 0) is 4.79 Å². The van der Waals surface area contributed by atoms with E-state index in [1.165, 1.54) is 0 Å². The van der Waals surface area contributed by atoms with E-state index in [4.69, 9.17) is 4.52 Å². The van der Waals surface area contributed by atoms with Crippen molar-refractivity contribution in [1.82, 2.24) is 15.4 Å². The van der Waals surface area contributed by atoms with Gasteiger partial charge in [0.15, 0.2) is 0 Å². The van der Waals surface area contributed by atoms with Gasteiger partial charge < -0.3 is 14.7 Å². The van der Waals surface area contributed by atoms with Crippen LogP contribution in [0.15, 0.2) is 40.9 Å². The molecular formula is C19H21N3O3. The van der Waals surface area contributed by atoms with Gasteiger partial charge in [0.25, 0.3) is 5.91 Å². The molecule has 6 heteroatoms. The minimum absolute atomic E-state index is 0.150. The lowest BCUT2D eigenvalue weighted by molar-refractivity contribution is -0.151. The summed E-state index contributed by atoms with van der Waals surface area (Å²) in [6.45, 7) is 3.54. The van der Waals surface area contributed by atoms with Gasteiger partial charge in [0.2, 0.25) is 11.7 Å². The molecule has 1 aromatic heterocycles. The van der Waals surface area contributed by atoms with E-state index in [2.05, 4.69) is 10.5 Å². The van der Waals surface area contributed by atoms with Gasteiger partial charge in [0.1, 0.15) is 5.69 Å². The summed E-state index contributed by atoms with van der Waals surface area (Å²) >= 11 is 0. The van der Waals surface area contributed by atoms with Gasteiger partial charge in [0, 0.05) is 42.6 Å². The summed E-state index contributed by atoms with van der Waals surface area (Å²) < 4.78 is 5.19. The monoisotopic (exact) mass is 339 g/mol. The van der Waals surface area contributed by atoms with Crippen molar-refractivity contribution < 1.29 is 14.1 Å². The highest BCUT2D eigenvalue weighted by Gasteiger charge is 2.53. The normalized spacial score (nSPS) is 18.5. The molecule has 0 atom stereocenters. The van der Waals surface area contributed by atoms with Crippen LogP contribution in [0.1, 0.15) is 36.7 Å². The third-order valence-electron chi connectivity index (χ3n) is 5.21. The summed E-state index contributed by atoms with van der Waals surface area (Å²) in [6, 6.07) is 11.4. The van der Waals surface area contributed by atoms with Crippen LogP contribution in [0.4, 0.5) is 0 Å². The molecule has 2 aromatic rings. The Labute approximate surface area is 146 Å². The molecule has 1 aromatic carbocycles. The molecule has 0 radical (unpaired) electrons. The number of nitrogens with zero attached hydrogens (tertiary/aromatic N) is 2. The number of benzene rings is 1. The maximum Gasteiger partial charge on any atom is 0.290 e. The Morgan fingerprint density at radius 2 is 2.00 bits per heavy atom. The van der Waals surface area contributed by atoms with Gasteiger partial charge in [-0.1, -0.05) is 42.4 Å². The number of hydrogen-bond acceptors (Lipinski definition) is 4. The van der Waals surface area contributed by atoms with Crippen molar-refractivity contribution in [1.29, 1.82) is 0 Å². The number of amides is 2. The molecule has 25 heavy (non-hydrogen) atoms. The molecule has 1 spiro atoms. The van der Waals surface area contributed by atoms with E-state index < -0.39 is 0 Å². The highest BCUT2D eigenvalue weighted by Crippen LogP contribution is 2.48. The molecule has 6 nitrogen and oxygen atoms in total. The third kappa shape index (κ3) is 2.92. The van der Waals surface area contributed by atoms with Crippen molar-refractivity contribution in [3.63, 3.8) is 0 Å². The molecule has 1 saturated heterocycles. The molecule has 1 saturated carbocycles. The lowest BCUT2D eigenvalue weighted by Crippen LogP contribution is -2.67. The second kappa shape index (κ2) is 6.02. The summed E-state index contributed by atoms with van der Waals surface area (Å²) in [4.78, 5) is 25.8. The van der Waals surface area contributed by atoms with Gasteiger partial charge in [0.05, 0.1) is 0 Å². The van der Waals surface area contributed by atoms with Gasteiger partial charge >= 0.3 is 0 Å². The van der Waals surface area contributed by atoms with Gasteiger partial charge in [-0.2, -0.15) is 0 Å². The van der Waals surface area contributed by atoms with Crippen molar-refractivity contribution in [2.24, 2.45) is 5.41 Å². The SMILES string of the molecule is CCC(=O)N1CC2(CC(NC(=O)c3cc(-c4ccccc4)no3)C2)C1. The molecule has 1 aliphatic heterocycles. The van der Waals surface area contributed by atoms with Crippen LogP contribution in [0.5, 0.6) is 0 Å². The van der Waals surface area contributed by atoms with Crippen molar-refractivity contribution in [3.8, 4) is 11.3 Å². The predicted octanol–water partition coefficient (Wildman–Crippen LogP) is 2.47. The molecule has 2 aliphatic rings. The molecule has 2 heterocycles. The van der Waals surface area contributed by atoms with E-state index in [9.17, 15) is 9.59 Å². The fourth-order valence-corrected chi connectivity index (χ4v) is 3.89. The van der Waals surface area contributed by atoms with Crippen LogP contribution in [-0.4, -0.2) is 41.0 Å². The topological polar surface area (TPSA) is 75.4 Å². The largest absolute Gasteiger partial charge is 0.350 e. The second-order valence-corrected chi connectivity index (χ2v) is 7.12. The van der Waals surface area contributed by atoms with Crippen molar-refractivity contribution in [2.75, 3.05) is 13.1 Å². The number of likely N-dealkylation sites (tertiary alicyclic amines) is 1. The smallest absolute Gasteiger partial charge is 0.290 e. The number of rotatable bonds is 4. The van der Waals surface area contributed by atoms with Crippen LogP contribution in [0.3, 0.4) is 0 Å². The fourth-order valence-electron chi connectivity index (χ4n) is 3.89. The first-order valence-electron chi connectivity index (χ1n) is 8.69. The quantitative estimate of drug-likeness (QED) is 0.928. The maximum atomic E-state index is 12.3. The number of carbonyl (C=O) groups is 2. The lowest BCUT2D eigenvalue weighted by atomic mass is 9.60. The molecule has 2 fully saturated rings. The summed E-state index contributed by atoms with van der Waals surface area (Å²) in [6.07, 6.45) is 2.41. The van der Waals surface area contributed by atoms with E-state index in [0.717, 1.165) is 31.5 Å². The predicted molar refractivity (Wildman–Crippen MR) is 91.7 cm³/mol. The number of carbonyl (C=O) groups excluding carboxylic acids is 2. The van der Waals surface area contributed by atoms with Gasteiger partial charge in [-0.15, -0.1) is 0 Å². The van der Waals surface area contributed by atoms with Crippen LogP contribution >= 0.6 is 0 Å². The zero-order valence-electron chi connectivity index (χ0n) is 14.2. The average molecular weight is 339 g/mol. The first kappa shape index (κ1) is 15.9. The summed E-state index contributed by atoms with van der Waals surface area (Å²) in [5.74, 6) is 0.222. The zero-order valence-corrected chi connectivity index (χ0v) is 14.2.